The van der Waals surface area contributed by atoms with Crippen LogP contribution in [0.25, 0.3) is 0 Å². The predicted molar refractivity (Wildman–Crippen MR) is 116 cm³/mol. The van der Waals surface area contributed by atoms with Crippen molar-refractivity contribution in [2.45, 2.75) is 31.8 Å². The number of β-amino-alcohol motifs (C(OH)–C–C–N with tert-alkyl or cyclic N) is 1. The molecule has 0 aromatic heterocycles. The number of piperazine rings is 1. The molecule has 0 radical (unpaired) electrons. The fourth-order valence-corrected chi connectivity index (χ4v) is 4.48. The lowest BCUT2D eigenvalue weighted by molar-refractivity contribution is 0.0658. The van der Waals surface area contributed by atoms with Crippen LogP contribution in [0.3, 0.4) is 0 Å². The SMILES string of the molecule is COc1ccccc1N1CCN(CC(O)COc2cccc3c2CCCC3)CC1. The maximum absolute atomic E-state index is 10.5. The Hall–Kier alpha value is -2.24. The number of hydrogen-bond donors (Lipinski definition) is 1. The minimum absolute atomic E-state index is 0.350. The van der Waals surface area contributed by atoms with Crippen molar-refractivity contribution in [3.05, 3.63) is 53.6 Å². The average Bonchev–Trinajstić information content (AvgIpc) is 2.78. The number of anilines is 1. The minimum atomic E-state index is -0.479. The smallest absolute Gasteiger partial charge is 0.142 e. The Morgan fingerprint density at radius 3 is 2.52 bits per heavy atom. The summed E-state index contributed by atoms with van der Waals surface area (Å²) in [4.78, 5) is 4.68. The first-order chi connectivity index (χ1) is 14.2. The Bertz CT molecular complexity index is 802. The van der Waals surface area contributed by atoms with Gasteiger partial charge in [0.2, 0.25) is 0 Å². The molecule has 0 amide bonds. The second-order valence-corrected chi connectivity index (χ2v) is 8.03. The Labute approximate surface area is 173 Å². The van der Waals surface area contributed by atoms with Gasteiger partial charge >= 0.3 is 0 Å². The van der Waals surface area contributed by atoms with Gasteiger partial charge in [0.25, 0.3) is 0 Å². The molecule has 4 rings (SSSR count). The van der Waals surface area contributed by atoms with Crippen LogP contribution in [0.2, 0.25) is 0 Å². The zero-order valence-corrected chi connectivity index (χ0v) is 17.3. The van der Waals surface area contributed by atoms with Crippen LogP contribution in [0.1, 0.15) is 24.0 Å². The van der Waals surface area contributed by atoms with Crippen LogP contribution in [0.15, 0.2) is 42.5 Å². The zero-order chi connectivity index (χ0) is 20.1. The van der Waals surface area contributed by atoms with Crippen molar-refractivity contribution in [1.29, 1.82) is 0 Å². The number of fused-ring (bicyclic) bond motifs is 1. The van der Waals surface area contributed by atoms with Crippen LogP contribution >= 0.6 is 0 Å². The van der Waals surface area contributed by atoms with E-state index in [2.05, 4.69) is 28.0 Å². The van der Waals surface area contributed by atoms with E-state index < -0.39 is 6.10 Å². The predicted octanol–water partition coefficient (Wildman–Crippen LogP) is 3.14. The Balaban J connectivity index is 1.26. The van der Waals surface area contributed by atoms with Gasteiger partial charge in [-0.3, -0.25) is 4.90 Å². The lowest BCUT2D eigenvalue weighted by atomic mass is 9.91. The van der Waals surface area contributed by atoms with Gasteiger partial charge in [0, 0.05) is 32.7 Å². The molecule has 1 saturated heterocycles. The highest BCUT2D eigenvalue weighted by Crippen LogP contribution is 2.30. The normalized spacial score (nSPS) is 18.2. The Morgan fingerprint density at radius 2 is 1.69 bits per heavy atom. The number of ether oxygens (including phenoxy) is 2. The van der Waals surface area contributed by atoms with Crippen molar-refractivity contribution < 1.29 is 14.6 Å². The van der Waals surface area contributed by atoms with Gasteiger partial charge in [-0.2, -0.15) is 0 Å². The van der Waals surface area contributed by atoms with E-state index in [1.165, 1.54) is 24.0 Å². The first kappa shape index (κ1) is 20.0. The molecule has 29 heavy (non-hydrogen) atoms. The molecule has 0 spiro atoms. The van der Waals surface area contributed by atoms with Crippen molar-refractivity contribution in [2.24, 2.45) is 0 Å². The minimum Gasteiger partial charge on any atom is -0.495 e. The Morgan fingerprint density at radius 1 is 0.931 bits per heavy atom. The molecular weight excluding hydrogens is 364 g/mol. The molecular formula is C24H32N2O3. The van der Waals surface area contributed by atoms with E-state index in [0.717, 1.165) is 56.2 Å². The molecule has 2 aliphatic rings. The fourth-order valence-electron chi connectivity index (χ4n) is 4.48. The standard InChI is InChI=1S/C24H32N2O3/c1-28-24-11-5-4-10-22(24)26-15-13-25(14-16-26)17-20(27)18-29-23-12-6-8-19-7-2-3-9-21(19)23/h4-6,8,10-12,20,27H,2-3,7,9,13-18H2,1H3. The number of nitrogens with zero attached hydrogens (tertiary/aromatic N) is 2. The van der Waals surface area contributed by atoms with E-state index in [-0.39, 0.29) is 0 Å². The van der Waals surface area contributed by atoms with Crippen molar-refractivity contribution in [2.75, 3.05) is 51.3 Å². The third kappa shape index (κ3) is 4.85. The molecule has 1 aliphatic heterocycles. The molecule has 2 aromatic carbocycles. The number of benzene rings is 2. The number of methoxy groups -OCH3 is 1. The quantitative estimate of drug-likeness (QED) is 0.779. The largest absolute Gasteiger partial charge is 0.495 e. The van der Waals surface area contributed by atoms with Crippen molar-refractivity contribution >= 4 is 5.69 Å². The monoisotopic (exact) mass is 396 g/mol. The van der Waals surface area contributed by atoms with Gasteiger partial charge in [-0.15, -0.1) is 0 Å². The molecule has 1 N–H and O–H groups in total. The lowest BCUT2D eigenvalue weighted by Crippen LogP contribution is -2.49. The number of hydrogen-bond acceptors (Lipinski definition) is 5. The molecule has 0 saturated carbocycles. The maximum atomic E-state index is 10.5. The van der Waals surface area contributed by atoms with Crippen LogP contribution in [0, 0.1) is 0 Å². The molecule has 1 unspecified atom stereocenters. The third-order valence-corrected chi connectivity index (χ3v) is 6.05. The van der Waals surface area contributed by atoms with E-state index in [1.807, 2.05) is 24.3 Å². The summed E-state index contributed by atoms with van der Waals surface area (Å²) >= 11 is 0. The lowest BCUT2D eigenvalue weighted by Gasteiger charge is -2.37. The summed E-state index contributed by atoms with van der Waals surface area (Å²) in [5.74, 6) is 1.88. The van der Waals surface area contributed by atoms with Crippen LogP contribution < -0.4 is 14.4 Å². The molecule has 1 heterocycles. The third-order valence-electron chi connectivity index (χ3n) is 6.05. The van der Waals surface area contributed by atoms with Crippen LogP contribution in [-0.4, -0.2) is 62.6 Å². The summed E-state index contributed by atoms with van der Waals surface area (Å²) in [6.07, 6.45) is 4.25. The summed E-state index contributed by atoms with van der Waals surface area (Å²) < 4.78 is 11.5. The second kappa shape index (κ2) is 9.51. The number of para-hydroxylation sites is 2. The summed E-state index contributed by atoms with van der Waals surface area (Å²) in [5, 5.41) is 10.5. The molecule has 156 valence electrons. The molecule has 5 nitrogen and oxygen atoms in total. The molecule has 2 aromatic rings. The van der Waals surface area contributed by atoms with Crippen molar-refractivity contribution in [3.63, 3.8) is 0 Å². The summed E-state index contributed by atoms with van der Waals surface area (Å²) in [6.45, 7) is 4.71. The molecule has 0 bridgehead atoms. The topological polar surface area (TPSA) is 45.2 Å². The number of aliphatic hydroxyl groups excluding tert-OH is 1. The molecule has 5 heteroatoms. The van der Waals surface area contributed by atoms with E-state index in [1.54, 1.807) is 7.11 Å². The number of aryl methyl sites for hydroxylation is 1. The fraction of sp³-hybridized carbons (Fsp3) is 0.500. The highest BCUT2D eigenvalue weighted by atomic mass is 16.5. The van der Waals surface area contributed by atoms with E-state index >= 15 is 0 Å². The van der Waals surface area contributed by atoms with Gasteiger partial charge in [-0.25, -0.2) is 0 Å². The van der Waals surface area contributed by atoms with Crippen LogP contribution in [-0.2, 0) is 12.8 Å². The molecule has 1 atom stereocenters. The van der Waals surface area contributed by atoms with E-state index in [9.17, 15) is 5.11 Å². The van der Waals surface area contributed by atoms with Crippen molar-refractivity contribution in [3.8, 4) is 11.5 Å². The number of aliphatic hydroxyl groups is 1. The van der Waals surface area contributed by atoms with Gasteiger partial charge in [0.1, 0.15) is 24.2 Å². The van der Waals surface area contributed by atoms with Gasteiger partial charge in [-0.05, 0) is 55.0 Å². The summed E-state index contributed by atoms with van der Waals surface area (Å²) in [7, 11) is 1.72. The van der Waals surface area contributed by atoms with Gasteiger partial charge < -0.3 is 19.5 Å². The second-order valence-electron chi connectivity index (χ2n) is 8.03. The number of rotatable bonds is 7. The first-order valence-electron chi connectivity index (χ1n) is 10.8. The molecule has 1 aliphatic carbocycles. The van der Waals surface area contributed by atoms with E-state index in [0.29, 0.717) is 13.2 Å². The summed E-state index contributed by atoms with van der Waals surface area (Å²) in [6, 6.07) is 14.5. The van der Waals surface area contributed by atoms with Crippen LogP contribution in [0.5, 0.6) is 11.5 Å². The maximum Gasteiger partial charge on any atom is 0.142 e. The zero-order valence-electron chi connectivity index (χ0n) is 17.3. The van der Waals surface area contributed by atoms with Crippen LogP contribution in [0.4, 0.5) is 5.69 Å². The highest BCUT2D eigenvalue weighted by molar-refractivity contribution is 5.58. The van der Waals surface area contributed by atoms with Gasteiger partial charge in [0.15, 0.2) is 0 Å². The Kier molecular flexibility index (Phi) is 6.57. The first-order valence-corrected chi connectivity index (χ1v) is 10.8. The molecule has 1 fully saturated rings. The average molecular weight is 397 g/mol. The van der Waals surface area contributed by atoms with Gasteiger partial charge in [0.05, 0.1) is 12.8 Å². The highest BCUT2D eigenvalue weighted by Gasteiger charge is 2.22. The van der Waals surface area contributed by atoms with Gasteiger partial charge in [-0.1, -0.05) is 24.3 Å². The summed E-state index contributed by atoms with van der Waals surface area (Å²) in [5.41, 5.74) is 3.90. The van der Waals surface area contributed by atoms with E-state index in [4.69, 9.17) is 9.47 Å². The van der Waals surface area contributed by atoms with Crippen molar-refractivity contribution in [1.82, 2.24) is 4.90 Å².